The minimum absolute atomic E-state index is 0.0193. The van der Waals surface area contributed by atoms with E-state index in [2.05, 4.69) is 0 Å². The van der Waals surface area contributed by atoms with Crippen molar-refractivity contribution in [2.24, 2.45) is 0 Å². The van der Waals surface area contributed by atoms with E-state index in [0.29, 0.717) is 11.1 Å². The number of fused-ring (bicyclic) bond motifs is 1. The number of hydrogen-bond donors (Lipinski definition) is 2. The molecule has 0 aromatic heterocycles. The van der Waals surface area contributed by atoms with Crippen LogP contribution in [-0.2, 0) is 9.63 Å². The standard InChI is InChI=1S/C10H9N3O2/c1-6(14)15-13-9(11)7-4-2-3-5-8(7)10(13)12/h2-5,11-12H,1H3. The molecule has 0 saturated carbocycles. The van der Waals surface area contributed by atoms with Crippen molar-refractivity contribution < 1.29 is 9.63 Å². The lowest BCUT2D eigenvalue weighted by atomic mass is 10.1. The number of nitrogens with one attached hydrogen (secondary N) is 2. The summed E-state index contributed by atoms with van der Waals surface area (Å²) in [4.78, 5) is 15.5. The zero-order chi connectivity index (χ0) is 11.0. The Balaban J connectivity index is 2.41. The highest BCUT2D eigenvalue weighted by molar-refractivity contribution is 6.22. The van der Waals surface area contributed by atoms with E-state index in [-0.39, 0.29) is 11.7 Å². The molecule has 76 valence electrons. The van der Waals surface area contributed by atoms with Crippen molar-refractivity contribution >= 4 is 17.6 Å². The zero-order valence-corrected chi connectivity index (χ0v) is 8.07. The molecule has 5 nitrogen and oxygen atoms in total. The third-order valence-electron chi connectivity index (χ3n) is 2.06. The van der Waals surface area contributed by atoms with E-state index < -0.39 is 5.97 Å². The van der Waals surface area contributed by atoms with Crippen molar-refractivity contribution in [3.05, 3.63) is 35.4 Å². The van der Waals surface area contributed by atoms with Crippen molar-refractivity contribution in [3.8, 4) is 0 Å². The fourth-order valence-corrected chi connectivity index (χ4v) is 1.45. The number of carbonyl (C=O) groups excluding carboxylic acids is 1. The third kappa shape index (κ3) is 1.38. The van der Waals surface area contributed by atoms with Gasteiger partial charge in [0, 0.05) is 18.1 Å². The van der Waals surface area contributed by atoms with E-state index in [9.17, 15) is 4.79 Å². The van der Waals surface area contributed by atoms with Gasteiger partial charge in [-0.3, -0.25) is 10.8 Å². The Labute approximate surface area is 86.2 Å². The summed E-state index contributed by atoms with van der Waals surface area (Å²) in [6, 6.07) is 6.99. The molecule has 0 bridgehead atoms. The highest BCUT2D eigenvalue weighted by Crippen LogP contribution is 2.22. The molecule has 0 aliphatic carbocycles. The minimum atomic E-state index is -0.544. The molecule has 0 amide bonds. The largest absolute Gasteiger partial charge is 0.333 e. The Morgan fingerprint density at radius 1 is 1.20 bits per heavy atom. The van der Waals surface area contributed by atoms with Crippen LogP contribution in [0.2, 0.25) is 0 Å². The lowest BCUT2D eigenvalue weighted by Gasteiger charge is -2.14. The first kappa shape index (κ1) is 9.39. The van der Waals surface area contributed by atoms with Gasteiger partial charge in [0.2, 0.25) is 0 Å². The summed E-state index contributed by atoms with van der Waals surface area (Å²) >= 11 is 0. The maximum atomic E-state index is 10.8. The fourth-order valence-electron chi connectivity index (χ4n) is 1.45. The first-order valence-electron chi connectivity index (χ1n) is 4.37. The van der Waals surface area contributed by atoms with Crippen LogP contribution in [0.15, 0.2) is 24.3 Å². The van der Waals surface area contributed by atoms with Gasteiger partial charge in [-0.25, -0.2) is 4.79 Å². The molecule has 1 aromatic carbocycles. The van der Waals surface area contributed by atoms with Crippen LogP contribution >= 0.6 is 0 Å². The lowest BCUT2D eigenvalue weighted by Crippen LogP contribution is -2.31. The maximum Gasteiger partial charge on any atom is 0.330 e. The van der Waals surface area contributed by atoms with Gasteiger partial charge in [0.05, 0.1) is 0 Å². The van der Waals surface area contributed by atoms with E-state index in [0.717, 1.165) is 5.06 Å². The van der Waals surface area contributed by atoms with Gasteiger partial charge in [-0.1, -0.05) is 24.3 Å². The van der Waals surface area contributed by atoms with Crippen molar-refractivity contribution in [3.63, 3.8) is 0 Å². The Kier molecular flexibility index (Phi) is 2.00. The smallest absolute Gasteiger partial charge is 0.330 e. The molecule has 2 rings (SSSR count). The van der Waals surface area contributed by atoms with E-state index in [1.54, 1.807) is 24.3 Å². The first-order chi connectivity index (χ1) is 7.11. The van der Waals surface area contributed by atoms with E-state index in [1.165, 1.54) is 6.92 Å². The SMILES string of the molecule is CC(=O)ON1C(=N)c2ccccc2C1=N. The zero-order valence-electron chi connectivity index (χ0n) is 8.07. The molecule has 1 aromatic rings. The quantitative estimate of drug-likeness (QED) is 0.718. The van der Waals surface area contributed by atoms with Gasteiger partial charge in [0.15, 0.2) is 11.7 Å². The van der Waals surface area contributed by atoms with Gasteiger partial charge in [0.25, 0.3) is 0 Å². The fraction of sp³-hybridized carbons (Fsp3) is 0.100. The number of carbonyl (C=O) groups is 1. The molecule has 0 atom stereocenters. The molecule has 0 spiro atoms. The average molecular weight is 203 g/mol. The summed E-state index contributed by atoms with van der Waals surface area (Å²) in [6.45, 7) is 1.24. The van der Waals surface area contributed by atoms with Gasteiger partial charge in [0.1, 0.15) is 0 Å². The number of benzene rings is 1. The Morgan fingerprint density at radius 3 is 2.07 bits per heavy atom. The number of amidine groups is 2. The molecule has 1 aliphatic heterocycles. The van der Waals surface area contributed by atoms with Crippen molar-refractivity contribution in [1.82, 2.24) is 5.06 Å². The molecular formula is C10H9N3O2. The minimum Gasteiger partial charge on any atom is -0.333 e. The van der Waals surface area contributed by atoms with Crippen molar-refractivity contribution in [1.29, 1.82) is 10.8 Å². The second-order valence-corrected chi connectivity index (χ2v) is 3.12. The van der Waals surface area contributed by atoms with Crippen LogP contribution in [0.4, 0.5) is 0 Å². The molecule has 1 aliphatic rings. The molecule has 5 heteroatoms. The average Bonchev–Trinajstić information content (AvgIpc) is 2.44. The van der Waals surface area contributed by atoms with E-state index >= 15 is 0 Å². The Hall–Kier alpha value is -2.17. The second-order valence-electron chi connectivity index (χ2n) is 3.12. The van der Waals surface area contributed by atoms with Crippen LogP contribution in [-0.4, -0.2) is 22.7 Å². The highest BCUT2D eigenvalue weighted by Gasteiger charge is 2.31. The van der Waals surface area contributed by atoms with Gasteiger partial charge < -0.3 is 4.84 Å². The lowest BCUT2D eigenvalue weighted by molar-refractivity contribution is -0.159. The summed E-state index contributed by atoms with van der Waals surface area (Å²) < 4.78 is 0. The van der Waals surface area contributed by atoms with E-state index in [1.807, 2.05) is 0 Å². The number of hydrogen-bond acceptors (Lipinski definition) is 4. The number of nitrogens with zero attached hydrogens (tertiary/aromatic N) is 1. The molecular weight excluding hydrogens is 194 g/mol. The van der Waals surface area contributed by atoms with Gasteiger partial charge in [-0.15, -0.1) is 5.06 Å². The van der Waals surface area contributed by atoms with Crippen molar-refractivity contribution in [2.45, 2.75) is 6.92 Å². The van der Waals surface area contributed by atoms with Gasteiger partial charge >= 0.3 is 5.97 Å². The topological polar surface area (TPSA) is 77.2 Å². The van der Waals surface area contributed by atoms with Crippen LogP contribution < -0.4 is 0 Å². The second kappa shape index (κ2) is 3.20. The first-order valence-corrected chi connectivity index (χ1v) is 4.37. The summed E-state index contributed by atoms with van der Waals surface area (Å²) in [6.07, 6.45) is 0. The third-order valence-corrected chi connectivity index (χ3v) is 2.06. The summed E-state index contributed by atoms with van der Waals surface area (Å²) in [5.41, 5.74) is 1.20. The highest BCUT2D eigenvalue weighted by atomic mass is 16.7. The predicted octanol–water partition coefficient (Wildman–Crippen LogP) is 1.13. The number of rotatable bonds is 1. The summed E-state index contributed by atoms with van der Waals surface area (Å²) in [5, 5.41) is 16.4. The van der Waals surface area contributed by atoms with Gasteiger partial charge in [-0.2, -0.15) is 0 Å². The van der Waals surface area contributed by atoms with Crippen LogP contribution in [0.25, 0.3) is 0 Å². The van der Waals surface area contributed by atoms with E-state index in [4.69, 9.17) is 15.7 Å². The molecule has 0 unspecified atom stereocenters. The Bertz CT molecular complexity index is 432. The predicted molar refractivity (Wildman–Crippen MR) is 53.7 cm³/mol. The van der Waals surface area contributed by atoms with Crippen LogP contribution in [0.3, 0.4) is 0 Å². The van der Waals surface area contributed by atoms with Crippen LogP contribution in [0.5, 0.6) is 0 Å². The van der Waals surface area contributed by atoms with Crippen molar-refractivity contribution in [2.75, 3.05) is 0 Å². The molecule has 0 fully saturated rings. The summed E-state index contributed by atoms with van der Waals surface area (Å²) in [5.74, 6) is -0.506. The Morgan fingerprint density at radius 2 is 1.67 bits per heavy atom. The normalized spacial score (nSPS) is 14.1. The maximum absolute atomic E-state index is 10.8. The molecule has 2 N–H and O–H groups in total. The molecule has 1 heterocycles. The molecule has 15 heavy (non-hydrogen) atoms. The molecule has 0 saturated heterocycles. The monoisotopic (exact) mass is 203 g/mol. The van der Waals surface area contributed by atoms with Gasteiger partial charge in [-0.05, 0) is 0 Å². The van der Waals surface area contributed by atoms with Crippen LogP contribution in [0.1, 0.15) is 18.1 Å². The van der Waals surface area contributed by atoms with Crippen LogP contribution in [0, 0.1) is 10.8 Å². The molecule has 0 radical (unpaired) electrons. The number of hydroxylamine groups is 2. The summed E-state index contributed by atoms with van der Waals surface area (Å²) in [7, 11) is 0.